The Bertz CT molecular complexity index is 1020. The topological polar surface area (TPSA) is 99.2 Å². The van der Waals surface area contributed by atoms with Crippen molar-refractivity contribution in [1.29, 1.82) is 0 Å². The summed E-state index contributed by atoms with van der Waals surface area (Å²) in [6.07, 6.45) is 5.21. The van der Waals surface area contributed by atoms with E-state index in [9.17, 15) is 4.79 Å². The Kier molecular flexibility index (Phi) is 5.78. The number of nitrogens with zero attached hydrogens (tertiary/aromatic N) is 6. The average Bonchev–Trinajstić information content (AvgIpc) is 3.43. The number of hydrogen-bond donors (Lipinski definition) is 0. The molecular weight excluding hydrogens is 384 g/mol. The van der Waals surface area contributed by atoms with Crippen molar-refractivity contribution in [2.24, 2.45) is 0 Å². The highest BCUT2D eigenvalue weighted by atomic mass is 16.5. The van der Waals surface area contributed by atoms with Crippen LogP contribution in [-0.2, 0) is 6.42 Å². The number of aryl methyl sites for hydroxylation is 2. The van der Waals surface area contributed by atoms with E-state index in [4.69, 9.17) is 9.26 Å². The number of amides is 1. The summed E-state index contributed by atoms with van der Waals surface area (Å²) in [5, 5.41) is 12.4. The molecule has 4 rings (SSSR count). The minimum absolute atomic E-state index is 0.0576. The number of piperidine rings is 1. The number of aromatic nitrogens is 5. The lowest BCUT2D eigenvalue weighted by atomic mass is 10.0. The van der Waals surface area contributed by atoms with Crippen LogP contribution in [0.25, 0.3) is 11.6 Å². The normalized spacial score (nSPS) is 14.8. The predicted molar refractivity (Wildman–Crippen MR) is 109 cm³/mol. The summed E-state index contributed by atoms with van der Waals surface area (Å²) < 4.78 is 12.4. The zero-order chi connectivity index (χ0) is 21.1. The van der Waals surface area contributed by atoms with Crippen LogP contribution in [0, 0.1) is 6.92 Å². The summed E-state index contributed by atoms with van der Waals surface area (Å²) in [6.45, 7) is 5.35. The van der Waals surface area contributed by atoms with Crippen LogP contribution in [0.5, 0.6) is 5.75 Å². The fourth-order valence-corrected chi connectivity index (χ4v) is 3.74. The van der Waals surface area contributed by atoms with Gasteiger partial charge in [0, 0.05) is 25.1 Å². The molecule has 0 N–H and O–H groups in total. The zero-order valence-electron chi connectivity index (χ0n) is 17.5. The number of rotatable bonds is 6. The third-order valence-electron chi connectivity index (χ3n) is 5.46. The van der Waals surface area contributed by atoms with Gasteiger partial charge in [-0.3, -0.25) is 4.79 Å². The summed E-state index contributed by atoms with van der Waals surface area (Å²) in [5.41, 5.74) is 2.22. The fourth-order valence-electron chi connectivity index (χ4n) is 3.74. The van der Waals surface area contributed by atoms with Gasteiger partial charge in [-0.2, -0.15) is 4.98 Å². The summed E-state index contributed by atoms with van der Waals surface area (Å²) in [5.74, 6) is 1.89. The van der Waals surface area contributed by atoms with Crippen LogP contribution in [0.15, 0.2) is 28.9 Å². The Labute approximate surface area is 175 Å². The lowest BCUT2D eigenvalue weighted by Gasteiger charge is -2.32. The molecule has 1 saturated heterocycles. The van der Waals surface area contributed by atoms with Crippen molar-refractivity contribution in [2.75, 3.05) is 20.2 Å². The van der Waals surface area contributed by atoms with Crippen LogP contribution in [0.3, 0.4) is 0 Å². The monoisotopic (exact) mass is 410 g/mol. The molecule has 0 bridgehead atoms. The van der Waals surface area contributed by atoms with Gasteiger partial charge >= 0.3 is 0 Å². The fraction of sp³-hybridized carbons (Fsp3) is 0.476. The Hall–Kier alpha value is -3.23. The van der Waals surface area contributed by atoms with E-state index in [1.54, 1.807) is 7.11 Å². The first-order valence-electron chi connectivity index (χ1n) is 10.3. The molecule has 0 atom stereocenters. The number of carbonyl (C=O) groups excluding carboxylic acids is 1. The molecule has 0 saturated carbocycles. The van der Waals surface area contributed by atoms with E-state index in [1.807, 2.05) is 40.9 Å². The van der Waals surface area contributed by atoms with Gasteiger partial charge in [-0.1, -0.05) is 17.3 Å². The van der Waals surface area contributed by atoms with E-state index < -0.39 is 0 Å². The van der Waals surface area contributed by atoms with E-state index in [0.717, 1.165) is 42.6 Å². The van der Waals surface area contributed by atoms with Crippen molar-refractivity contribution in [3.63, 3.8) is 0 Å². The molecule has 0 unspecified atom stereocenters. The molecule has 30 heavy (non-hydrogen) atoms. The SMILES string of the molecule is CCCc1noc(-c2cn(C3CCN(C(=O)c4ccc(OC)cc4C)CC3)nn2)n1. The van der Waals surface area contributed by atoms with E-state index in [2.05, 4.69) is 27.4 Å². The Morgan fingerprint density at radius 3 is 2.80 bits per heavy atom. The molecule has 3 aromatic rings. The summed E-state index contributed by atoms with van der Waals surface area (Å²) >= 11 is 0. The maximum absolute atomic E-state index is 12.9. The smallest absolute Gasteiger partial charge is 0.280 e. The van der Waals surface area contributed by atoms with Crippen LogP contribution in [-0.4, -0.2) is 56.1 Å². The molecule has 1 aromatic carbocycles. The van der Waals surface area contributed by atoms with Gasteiger partial charge in [0.1, 0.15) is 5.75 Å². The van der Waals surface area contributed by atoms with Crippen LogP contribution >= 0.6 is 0 Å². The van der Waals surface area contributed by atoms with Crippen LogP contribution in [0.2, 0.25) is 0 Å². The van der Waals surface area contributed by atoms with Crippen molar-refractivity contribution >= 4 is 5.91 Å². The number of likely N-dealkylation sites (tertiary alicyclic amines) is 1. The van der Waals surface area contributed by atoms with E-state index in [0.29, 0.717) is 30.5 Å². The van der Waals surface area contributed by atoms with Gasteiger partial charge in [-0.05, 0) is 49.9 Å². The number of carbonyl (C=O) groups is 1. The minimum Gasteiger partial charge on any atom is -0.497 e. The number of benzene rings is 1. The molecule has 2 aromatic heterocycles. The number of methoxy groups -OCH3 is 1. The molecule has 0 spiro atoms. The van der Waals surface area contributed by atoms with E-state index in [1.165, 1.54) is 0 Å². The summed E-state index contributed by atoms with van der Waals surface area (Å²) in [4.78, 5) is 19.2. The lowest BCUT2D eigenvalue weighted by Crippen LogP contribution is -2.39. The van der Waals surface area contributed by atoms with Crippen LogP contribution < -0.4 is 4.74 Å². The minimum atomic E-state index is 0.0576. The molecule has 1 amide bonds. The highest BCUT2D eigenvalue weighted by Gasteiger charge is 2.26. The van der Waals surface area contributed by atoms with Gasteiger partial charge in [0.25, 0.3) is 11.8 Å². The second-order valence-electron chi connectivity index (χ2n) is 7.55. The summed E-state index contributed by atoms with van der Waals surface area (Å²) in [7, 11) is 1.62. The largest absolute Gasteiger partial charge is 0.497 e. The van der Waals surface area contributed by atoms with Gasteiger partial charge in [0.2, 0.25) is 0 Å². The highest BCUT2D eigenvalue weighted by molar-refractivity contribution is 5.95. The predicted octanol–water partition coefficient (Wildman–Crippen LogP) is 3.07. The molecule has 9 heteroatoms. The van der Waals surface area contributed by atoms with Gasteiger partial charge in [-0.15, -0.1) is 5.10 Å². The molecule has 3 heterocycles. The molecule has 1 aliphatic rings. The Morgan fingerprint density at radius 2 is 2.10 bits per heavy atom. The second kappa shape index (κ2) is 8.64. The van der Waals surface area contributed by atoms with Crippen molar-refractivity contribution in [3.8, 4) is 17.3 Å². The average molecular weight is 410 g/mol. The lowest BCUT2D eigenvalue weighted by molar-refractivity contribution is 0.0688. The van der Waals surface area contributed by atoms with Gasteiger partial charge in [-0.25, -0.2) is 4.68 Å². The van der Waals surface area contributed by atoms with Gasteiger partial charge in [0.15, 0.2) is 11.5 Å². The molecule has 1 aliphatic heterocycles. The van der Waals surface area contributed by atoms with Gasteiger partial charge in [0.05, 0.1) is 19.3 Å². The number of hydrogen-bond acceptors (Lipinski definition) is 7. The standard InChI is InChI=1S/C21H26N6O3/c1-4-5-19-22-20(30-24-19)18-13-27(25-23-18)15-8-10-26(11-9-15)21(28)17-7-6-16(29-3)12-14(17)2/h6-7,12-13,15H,4-5,8-11H2,1-3H3. The molecule has 158 valence electrons. The quantitative estimate of drug-likeness (QED) is 0.616. The molecule has 1 fully saturated rings. The first-order valence-corrected chi connectivity index (χ1v) is 10.3. The number of ether oxygens (including phenoxy) is 1. The third kappa shape index (κ3) is 4.05. The molecule has 9 nitrogen and oxygen atoms in total. The summed E-state index contributed by atoms with van der Waals surface area (Å²) in [6, 6.07) is 5.74. The second-order valence-corrected chi connectivity index (χ2v) is 7.55. The van der Waals surface area contributed by atoms with Crippen molar-refractivity contribution < 1.29 is 14.1 Å². The Morgan fingerprint density at radius 1 is 1.30 bits per heavy atom. The highest BCUT2D eigenvalue weighted by Crippen LogP contribution is 2.26. The first-order chi connectivity index (χ1) is 14.6. The van der Waals surface area contributed by atoms with Crippen molar-refractivity contribution in [1.82, 2.24) is 30.0 Å². The van der Waals surface area contributed by atoms with Crippen molar-refractivity contribution in [2.45, 2.75) is 45.6 Å². The zero-order valence-corrected chi connectivity index (χ0v) is 17.5. The maximum atomic E-state index is 12.9. The van der Waals surface area contributed by atoms with Gasteiger partial charge < -0.3 is 14.2 Å². The third-order valence-corrected chi connectivity index (χ3v) is 5.46. The maximum Gasteiger partial charge on any atom is 0.280 e. The van der Waals surface area contributed by atoms with E-state index >= 15 is 0 Å². The van der Waals surface area contributed by atoms with Crippen LogP contribution in [0.1, 0.15) is 54.0 Å². The van der Waals surface area contributed by atoms with E-state index in [-0.39, 0.29) is 11.9 Å². The molecular formula is C21H26N6O3. The first kappa shape index (κ1) is 20.1. The molecule has 0 aliphatic carbocycles. The van der Waals surface area contributed by atoms with Crippen molar-refractivity contribution in [3.05, 3.63) is 41.3 Å². The van der Waals surface area contributed by atoms with Crippen LogP contribution in [0.4, 0.5) is 0 Å². The Balaban J connectivity index is 1.39. The molecule has 0 radical (unpaired) electrons.